The van der Waals surface area contributed by atoms with Gasteiger partial charge in [-0.2, -0.15) is 0 Å². The van der Waals surface area contributed by atoms with Gasteiger partial charge in [0.1, 0.15) is 5.75 Å². The van der Waals surface area contributed by atoms with Crippen molar-refractivity contribution < 1.29 is 8.95 Å². The van der Waals surface area contributed by atoms with Crippen LogP contribution in [0.5, 0.6) is 5.75 Å². The molecule has 0 saturated heterocycles. The molecule has 1 atom stereocenters. The lowest BCUT2D eigenvalue weighted by Crippen LogP contribution is -2.01. The molecule has 0 spiro atoms. The molecule has 0 heterocycles. The van der Waals surface area contributed by atoms with Gasteiger partial charge in [-0.1, -0.05) is 30.3 Å². The normalized spacial score (nSPS) is 12.1. The summed E-state index contributed by atoms with van der Waals surface area (Å²) in [5.74, 6) is 1.50. The smallest absolute Gasteiger partial charge is 0.118 e. The summed E-state index contributed by atoms with van der Waals surface area (Å²) in [6.07, 6.45) is 0.811. The first kappa shape index (κ1) is 12.8. The van der Waals surface area contributed by atoms with E-state index in [1.54, 1.807) is 7.11 Å². The van der Waals surface area contributed by atoms with Crippen LogP contribution in [0, 0.1) is 0 Å². The first-order valence-electron chi connectivity index (χ1n) is 5.86. The Morgan fingerprint density at radius 3 is 2.28 bits per heavy atom. The van der Waals surface area contributed by atoms with Gasteiger partial charge >= 0.3 is 0 Å². The molecule has 0 aromatic heterocycles. The molecular weight excluding hydrogens is 244 g/mol. The third kappa shape index (κ3) is 3.44. The molecule has 0 aliphatic heterocycles. The lowest BCUT2D eigenvalue weighted by atomic mass is 10.2. The predicted molar refractivity (Wildman–Crippen MR) is 74.4 cm³/mol. The number of hydrogen-bond donors (Lipinski definition) is 0. The Hall–Kier alpha value is -1.61. The van der Waals surface area contributed by atoms with Gasteiger partial charge in [0, 0.05) is 10.6 Å². The predicted octanol–water partition coefficient (Wildman–Crippen LogP) is 3.05. The maximum Gasteiger partial charge on any atom is 0.118 e. The van der Waals surface area contributed by atoms with E-state index in [4.69, 9.17) is 4.74 Å². The summed E-state index contributed by atoms with van der Waals surface area (Å²) in [4.78, 5) is 0.894. The van der Waals surface area contributed by atoms with Gasteiger partial charge in [0.05, 0.1) is 17.9 Å². The average molecular weight is 260 g/mol. The van der Waals surface area contributed by atoms with Gasteiger partial charge < -0.3 is 4.74 Å². The van der Waals surface area contributed by atoms with Crippen LogP contribution in [0.25, 0.3) is 0 Å². The lowest BCUT2D eigenvalue weighted by molar-refractivity contribution is 0.414. The SMILES string of the molecule is COc1ccc(CCS(=O)c2ccccc2)cc1. The van der Waals surface area contributed by atoms with Gasteiger partial charge in [0.15, 0.2) is 0 Å². The van der Waals surface area contributed by atoms with Crippen molar-refractivity contribution in [3.05, 3.63) is 60.2 Å². The second-order valence-electron chi connectivity index (χ2n) is 3.96. The Balaban J connectivity index is 1.93. The molecule has 1 unspecified atom stereocenters. The van der Waals surface area contributed by atoms with Gasteiger partial charge in [0.2, 0.25) is 0 Å². The summed E-state index contributed by atoms with van der Waals surface area (Å²) in [5.41, 5.74) is 1.18. The zero-order valence-corrected chi connectivity index (χ0v) is 11.2. The number of ether oxygens (including phenoxy) is 1. The Kier molecular flexibility index (Phi) is 4.53. The summed E-state index contributed by atoms with van der Waals surface area (Å²) in [5, 5.41) is 0. The second kappa shape index (κ2) is 6.36. The number of methoxy groups -OCH3 is 1. The van der Waals surface area contributed by atoms with Gasteiger partial charge in [0.25, 0.3) is 0 Å². The van der Waals surface area contributed by atoms with Gasteiger partial charge in [-0.15, -0.1) is 0 Å². The number of rotatable bonds is 5. The van der Waals surface area contributed by atoms with Crippen LogP contribution in [-0.2, 0) is 17.2 Å². The molecule has 0 aliphatic carbocycles. The highest BCUT2D eigenvalue weighted by atomic mass is 32.2. The fourth-order valence-electron chi connectivity index (χ4n) is 1.69. The fourth-order valence-corrected chi connectivity index (χ4v) is 2.81. The van der Waals surface area contributed by atoms with Gasteiger partial charge in [-0.3, -0.25) is 4.21 Å². The summed E-state index contributed by atoms with van der Waals surface area (Å²) in [6, 6.07) is 17.5. The summed E-state index contributed by atoms with van der Waals surface area (Å²) < 4.78 is 17.1. The number of aryl methyl sites for hydroxylation is 1. The van der Waals surface area contributed by atoms with Crippen molar-refractivity contribution in [2.24, 2.45) is 0 Å². The highest BCUT2D eigenvalue weighted by molar-refractivity contribution is 7.85. The van der Waals surface area contributed by atoms with E-state index in [2.05, 4.69) is 0 Å². The molecule has 0 bridgehead atoms. The van der Waals surface area contributed by atoms with Crippen molar-refractivity contribution in [1.82, 2.24) is 0 Å². The third-order valence-corrected chi connectivity index (χ3v) is 4.11. The number of benzene rings is 2. The van der Waals surface area contributed by atoms with E-state index in [9.17, 15) is 4.21 Å². The average Bonchev–Trinajstić information content (AvgIpc) is 2.46. The van der Waals surface area contributed by atoms with Crippen molar-refractivity contribution in [1.29, 1.82) is 0 Å². The van der Waals surface area contributed by atoms with Crippen LogP contribution >= 0.6 is 0 Å². The first-order chi connectivity index (χ1) is 8.79. The van der Waals surface area contributed by atoms with Crippen LogP contribution in [0.3, 0.4) is 0 Å². The largest absolute Gasteiger partial charge is 0.497 e. The Morgan fingerprint density at radius 2 is 1.67 bits per heavy atom. The molecule has 94 valence electrons. The van der Waals surface area contributed by atoms with E-state index in [0.29, 0.717) is 5.75 Å². The van der Waals surface area contributed by atoms with Crippen LogP contribution in [0.4, 0.5) is 0 Å². The van der Waals surface area contributed by atoms with E-state index in [1.807, 2.05) is 54.6 Å². The van der Waals surface area contributed by atoms with Crippen molar-refractivity contribution in [2.75, 3.05) is 12.9 Å². The van der Waals surface area contributed by atoms with E-state index in [-0.39, 0.29) is 0 Å². The maximum atomic E-state index is 12.0. The summed E-state index contributed by atoms with van der Waals surface area (Å²) >= 11 is 0. The van der Waals surface area contributed by atoms with Crippen molar-refractivity contribution in [3.8, 4) is 5.75 Å². The van der Waals surface area contributed by atoms with Crippen LogP contribution in [-0.4, -0.2) is 17.1 Å². The van der Waals surface area contributed by atoms with E-state index >= 15 is 0 Å². The van der Waals surface area contributed by atoms with Crippen molar-refractivity contribution in [3.63, 3.8) is 0 Å². The standard InChI is InChI=1S/C15H16O2S/c1-17-14-9-7-13(8-10-14)11-12-18(16)15-5-3-2-4-6-15/h2-10H,11-12H2,1H3. The molecule has 0 saturated carbocycles. The molecule has 0 aliphatic rings. The molecule has 2 aromatic carbocycles. The third-order valence-electron chi connectivity index (χ3n) is 2.74. The topological polar surface area (TPSA) is 26.3 Å². The lowest BCUT2D eigenvalue weighted by Gasteiger charge is -2.04. The minimum Gasteiger partial charge on any atom is -0.497 e. The monoisotopic (exact) mass is 260 g/mol. The van der Waals surface area contributed by atoms with Gasteiger partial charge in [-0.05, 0) is 36.2 Å². The quantitative estimate of drug-likeness (QED) is 0.826. The zero-order chi connectivity index (χ0) is 12.8. The highest BCUT2D eigenvalue weighted by Crippen LogP contribution is 2.13. The summed E-state index contributed by atoms with van der Waals surface area (Å²) in [6.45, 7) is 0. The maximum absolute atomic E-state index is 12.0. The Bertz CT molecular complexity index is 506. The first-order valence-corrected chi connectivity index (χ1v) is 7.18. The number of hydrogen-bond acceptors (Lipinski definition) is 2. The van der Waals surface area contributed by atoms with Gasteiger partial charge in [-0.25, -0.2) is 0 Å². The van der Waals surface area contributed by atoms with Crippen molar-refractivity contribution >= 4 is 10.8 Å². The molecule has 0 fully saturated rings. The molecule has 2 nitrogen and oxygen atoms in total. The van der Waals surface area contributed by atoms with Crippen LogP contribution in [0.1, 0.15) is 5.56 Å². The molecule has 2 aromatic rings. The molecular formula is C15H16O2S. The van der Waals surface area contributed by atoms with E-state index in [0.717, 1.165) is 17.1 Å². The van der Waals surface area contributed by atoms with Crippen LogP contribution in [0.15, 0.2) is 59.5 Å². The van der Waals surface area contributed by atoms with E-state index in [1.165, 1.54) is 5.56 Å². The minimum absolute atomic E-state index is 0.649. The molecule has 2 rings (SSSR count). The molecule has 0 radical (unpaired) electrons. The fraction of sp³-hybridized carbons (Fsp3) is 0.200. The molecule has 0 amide bonds. The molecule has 18 heavy (non-hydrogen) atoms. The Labute approximate surface area is 110 Å². The zero-order valence-electron chi connectivity index (χ0n) is 10.3. The Morgan fingerprint density at radius 1 is 1.00 bits per heavy atom. The van der Waals surface area contributed by atoms with E-state index < -0.39 is 10.8 Å². The van der Waals surface area contributed by atoms with Crippen molar-refractivity contribution in [2.45, 2.75) is 11.3 Å². The highest BCUT2D eigenvalue weighted by Gasteiger charge is 2.03. The second-order valence-corrected chi connectivity index (χ2v) is 5.53. The molecule has 3 heteroatoms. The summed E-state index contributed by atoms with van der Waals surface area (Å²) in [7, 11) is 0.730. The molecule has 0 N–H and O–H groups in total. The van der Waals surface area contributed by atoms with Crippen LogP contribution in [0.2, 0.25) is 0 Å². The van der Waals surface area contributed by atoms with Crippen LogP contribution < -0.4 is 4.74 Å². The minimum atomic E-state index is -0.922.